The number of halogens is 1. The second kappa shape index (κ2) is 8.82. The maximum absolute atomic E-state index is 13.9. The number of nitrogens with one attached hydrogen (secondary N) is 2. The van der Waals surface area contributed by atoms with Crippen LogP contribution in [-0.4, -0.2) is 43.1 Å². The first-order valence-corrected chi connectivity index (χ1v) is 8.84. The van der Waals surface area contributed by atoms with Crippen molar-refractivity contribution in [2.24, 2.45) is 4.99 Å². The molecule has 1 aliphatic rings. The molecule has 1 aromatic rings. The van der Waals surface area contributed by atoms with Crippen LogP contribution >= 0.6 is 0 Å². The van der Waals surface area contributed by atoms with Crippen molar-refractivity contribution in [3.05, 3.63) is 35.1 Å². The first-order valence-electron chi connectivity index (χ1n) is 8.84. The Labute approximate surface area is 149 Å². The SMILES string of the molecule is CN=C(NCc1cc(C#N)ccc1F)NCC(C)(C)N1CCCCC1. The molecular formula is C19H28FN5. The summed E-state index contributed by atoms with van der Waals surface area (Å²) >= 11 is 0. The number of nitrogens with zero attached hydrogens (tertiary/aromatic N) is 3. The zero-order chi connectivity index (χ0) is 18.3. The summed E-state index contributed by atoms with van der Waals surface area (Å²) in [4.78, 5) is 6.72. The number of rotatable bonds is 5. The third kappa shape index (κ3) is 5.43. The number of hydrogen-bond acceptors (Lipinski definition) is 3. The van der Waals surface area contributed by atoms with Crippen LogP contribution in [0, 0.1) is 17.1 Å². The van der Waals surface area contributed by atoms with E-state index < -0.39 is 0 Å². The van der Waals surface area contributed by atoms with Gasteiger partial charge in [0.15, 0.2) is 5.96 Å². The summed E-state index contributed by atoms with van der Waals surface area (Å²) in [5.74, 6) is 0.308. The van der Waals surface area contributed by atoms with E-state index in [9.17, 15) is 4.39 Å². The standard InChI is InChI=1S/C19H28FN5/c1-19(2,25-9-5-4-6-10-25)14-24-18(22-3)23-13-16-11-15(12-21)7-8-17(16)20/h7-8,11H,4-6,9-10,13-14H2,1-3H3,(H2,22,23,24). The Morgan fingerprint density at radius 3 is 2.64 bits per heavy atom. The lowest BCUT2D eigenvalue weighted by Crippen LogP contribution is -2.54. The lowest BCUT2D eigenvalue weighted by atomic mass is 9.98. The molecule has 0 radical (unpaired) electrons. The van der Waals surface area contributed by atoms with E-state index in [4.69, 9.17) is 5.26 Å². The van der Waals surface area contributed by atoms with Crippen LogP contribution in [0.5, 0.6) is 0 Å². The molecule has 6 heteroatoms. The van der Waals surface area contributed by atoms with E-state index in [0.29, 0.717) is 17.1 Å². The lowest BCUT2D eigenvalue weighted by molar-refractivity contribution is 0.0982. The molecule has 0 amide bonds. The molecule has 2 rings (SSSR count). The minimum Gasteiger partial charge on any atom is -0.355 e. The highest BCUT2D eigenvalue weighted by Crippen LogP contribution is 2.19. The molecule has 0 saturated carbocycles. The van der Waals surface area contributed by atoms with E-state index in [-0.39, 0.29) is 17.9 Å². The van der Waals surface area contributed by atoms with Crippen LogP contribution < -0.4 is 10.6 Å². The van der Waals surface area contributed by atoms with Crippen LogP contribution in [0.1, 0.15) is 44.2 Å². The molecule has 2 N–H and O–H groups in total. The number of aliphatic imine (C=N–C) groups is 1. The molecule has 0 aliphatic carbocycles. The van der Waals surface area contributed by atoms with Crippen LogP contribution in [0.3, 0.4) is 0 Å². The fourth-order valence-electron chi connectivity index (χ4n) is 3.09. The Hall–Kier alpha value is -2.13. The van der Waals surface area contributed by atoms with Crippen molar-refractivity contribution in [3.63, 3.8) is 0 Å². The fraction of sp³-hybridized carbons (Fsp3) is 0.579. The fourth-order valence-corrected chi connectivity index (χ4v) is 3.09. The quantitative estimate of drug-likeness (QED) is 0.636. The minimum absolute atomic E-state index is 0.0318. The Bertz CT molecular complexity index is 642. The van der Waals surface area contributed by atoms with Gasteiger partial charge in [-0.05, 0) is 58.0 Å². The minimum atomic E-state index is -0.324. The van der Waals surface area contributed by atoms with Gasteiger partial charge < -0.3 is 10.6 Å². The van der Waals surface area contributed by atoms with Crippen LogP contribution in [0.2, 0.25) is 0 Å². The number of likely N-dealkylation sites (tertiary alicyclic amines) is 1. The molecule has 0 aromatic heterocycles. The molecule has 1 saturated heterocycles. The van der Waals surface area contributed by atoms with Gasteiger partial charge in [-0.25, -0.2) is 4.39 Å². The van der Waals surface area contributed by atoms with E-state index in [1.807, 2.05) is 6.07 Å². The number of guanidine groups is 1. The van der Waals surface area contributed by atoms with Gasteiger partial charge in [0, 0.05) is 31.2 Å². The smallest absolute Gasteiger partial charge is 0.191 e. The van der Waals surface area contributed by atoms with Crippen LogP contribution in [0.15, 0.2) is 23.2 Å². The number of piperidine rings is 1. The molecule has 5 nitrogen and oxygen atoms in total. The van der Waals surface area contributed by atoms with Crippen LogP contribution in [0.25, 0.3) is 0 Å². The third-order valence-corrected chi connectivity index (χ3v) is 4.75. The molecule has 1 fully saturated rings. The van der Waals surface area contributed by atoms with Gasteiger partial charge in [-0.2, -0.15) is 5.26 Å². The van der Waals surface area contributed by atoms with Crippen molar-refractivity contribution < 1.29 is 4.39 Å². The van der Waals surface area contributed by atoms with E-state index in [2.05, 4.69) is 34.4 Å². The number of nitriles is 1. The van der Waals surface area contributed by atoms with Crippen molar-refractivity contribution in [3.8, 4) is 6.07 Å². The van der Waals surface area contributed by atoms with Crippen molar-refractivity contribution >= 4 is 5.96 Å². The molecule has 1 aliphatic heterocycles. The highest BCUT2D eigenvalue weighted by molar-refractivity contribution is 5.79. The van der Waals surface area contributed by atoms with Gasteiger partial charge in [0.05, 0.1) is 11.6 Å². The summed E-state index contributed by atoms with van der Waals surface area (Å²) in [7, 11) is 1.70. The molecule has 136 valence electrons. The van der Waals surface area contributed by atoms with Gasteiger partial charge in [0.2, 0.25) is 0 Å². The third-order valence-electron chi connectivity index (χ3n) is 4.75. The van der Waals surface area contributed by atoms with E-state index in [0.717, 1.165) is 19.6 Å². The van der Waals surface area contributed by atoms with Crippen molar-refractivity contribution in [1.82, 2.24) is 15.5 Å². The highest BCUT2D eigenvalue weighted by Gasteiger charge is 2.27. The van der Waals surface area contributed by atoms with Crippen molar-refractivity contribution in [2.45, 2.75) is 45.2 Å². The largest absolute Gasteiger partial charge is 0.355 e. The van der Waals surface area contributed by atoms with Gasteiger partial charge in [-0.15, -0.1) is 0 Å². The van der Waals surface area contributed by atoms with Gasteiger partial charge in [-0.1, -0.05) is 6.42 Å². The summed E-state index contributed by atoms with van der Waals surface area (Å²) in [5.41, 5.74) is 0.939. The van der Waals surface area contributed by atoms with E-state index in [1.54, 1.807) is 13.1 Å². The predicted octanol–water partition coefficient (Wildman–Crippen LogP) is 2.63. The zero-order valence-electron chi connectivity index (χ0n) is 15.4. The topological polar surface area (TPSA) is 63.5 Å². The Morgan fingerprint density at radius 1 is 1.28 bits per heavy atom. The average molecular weight is 345 g/mol. The molecule has 0 unspecified atom stereocenters. The molecule has 1 aromatic carbocycles. The van der Waals surface area contributed by atoms with Gasteiger partial charge in [0.25, 0.3) is 0 Å². The monoisotopic (exact) mass is 345 g/mol. The van der Waals surface area contributed by atoms with Crippen molar-refractivity contribution in [2.75, 3.05) is 26.7 Å². The summed E-state index contributed by atoms with van der Waals surface area (Å²) < 4.78 is 13.9. The maximum Gasteiger partial charge on any atom is 0.191 e. The van der Waals surface area contributed by atoms with E-state index >= 15 is 0 Å². The van der Waals surface area contributed by atoms with Gasteiger partial charge in [0.1, 0.15) is 5.82 Å². The molecule has 0 spiro atoms. The van der Waals surface area contributed by atoms with Crippen LogP contribution in [-0.2, 0) is 6.54 Å². The highest BCUT2D eigenvalue weighted by atomic mass is 19.1. The molecule has 25 heavy (non-hydrogen) atoms. The van der Waals surface area contributed by atoms with Crippen LogP contribution in [0.4, 0.5) is 4.39 Å². The zero-order valence-corrected chi connectivity index (χ0v) is 15.4. The number of benzene rings is 1. The van der Waals surface area contributed by atoms with Gasteiger partial charge in [-0.3, -0.25) is 9.89 Å². The Balaban J connectivity index is 1.89. The Morgan fingerprint density at radius 2 is 2.00 bits per heavy atom. The first kappa shape index (κ1) is 19.2. The second-order valence-corrected chi connectivity index (χ2v) is 7.06. The average Bonchev–Trinajstić information content (AvgIpc) is 2.64. The predicted molar refractivity (Wildman–Crippen MR) is 98.8 cm³/mol. The summed E-state index contributed by atoms with van der Waals surface area (Å²) in [6.07, 6.45) is 3.83. The first-order chi connectivity index (χ1) is 12.0. The van der Waals surface area contributed by atoms with Gasteiger partial charge >= 0.3 is 0 Å². The normalized spacial score (nSPS) is 16.4. The Kier molecular flexibility index (Phi) is 6.77. The summed E-state index contributed by atoms with van der Waals surface area (Å²) in [5, 5.41) is 15.4. The second-order valence-electron chi connectivity index (χ2n) is 7.06. The van der Waals surface area contributed by atoms with E-state index in [1.165, 1.54) is 31.4 Å². The summed E-state index contributed by atoms with van der Waals surface area (Å²) in [6, 6.07) is 6.40. The molecule has 0 bridgehead atoms. The number of hydrogen-bond donors (Lipinski definition) is 2. The summed E-state index contributed by atoms with van der Waals surface area (Å²) in [6.45, 7) is 7.77. The molecule has 1 heterocycles. The molecular weight excluding hydrogens is 317 g/mol. The molecule has 0 atom stereocenters. The lowest BCUT2D eigenvalue weighted by Gasteiger charge is -2.41. The van der Waals surface area contributed by atoms with Crippen molar-refractivity contribution in [1.29, 1.82) is 5.26 Å². The maximum atomic E-state index is 13.9.